The topological polar surface area (TPSA) is 73.9 Å². The second-order valence-corrected chi connectivity index (χ2v) is 13.2. The van der Waals surface area contributed by atoms with Gasteiger partial charge in [0.25, 0.3) is 0 Å². The van der Waals surface area contributed by atoms with Gasteiger partial charge >= 0.3 is 6.09 Å². The molecule has 7 nitrogen and oxygen atoms in total. The molecule has 222 valence electrons. The molecule has 2 aliphatic rings. The quantitative estimate of drug-likeness (QED) is 0.321. The van der Waals surface area contributed by atoms with E-state index in [1.165, 1.54) is 16.7 Å². The minimum absolute atomic E-state index is 0.0239. The first-order valence-electron chi connectivity index (χ1n) is 14.9. The molecule has 0 radical (unpaired) electrons. The summed E-state index contributed by atoms with van der Waals surface area (Å²) in [5, 5.41) is 7.25. The number of nitrogens with one attached hydrogen (secondary N) is 2. The predicted molar refractivity (Wildman–Crippen MR) is 169 cm³/mol. The highest BCUT2D eigenvalue weighted by atomic mass is 16.6. The summed E-state index contributed by atoms with van der Waals surface area (Å²) in [5.41, 5.74) is 6.06. The van der Waals surface area contributed by atoms with E-state index in [4.69, 9.17) is 4.74 Å². The molecular formula is C35H44N4O3. The largest absolute Gasteiger partial charge is 0.444 e. The maximum atomic E-state index is 14.0. The fourth-order valence-corrected chi connectivity index (χ4v) is 5.81. The van der Waals surface area contributed by atoms with Crippen LogP contribution in [-0.2, 0) is 16.0 Å². The molecule has 2 saturated heterocycles. The Labute approximate surface area is 250 Å². The molecule has 2 aliphatic heterocycles. The predicted octanol–water partition coefficient (Wildman–Crippen LogP) is 6.58. The average Bonchev–Trinajstić information content (AvgIpc) is 2.88. The highest BCUT2D eigenvalue weighted by molar-refractivity contribution is 5.87. The van der Waals surface area contributed by atoms with Crippen molar-refractivity contribution in [3.05, 3.63) is 95.1 Å². The summed E-state index contributed by atoms with van der Waals surface area (Å²) in [6.45, 7) is 14.5. The van der Waals surface area contributed by atoms with Crippen molar-refractivity contribution < 1.29 is 14.3 Å². The number of para-hydroxylation sites is 2. The summed E-state index contributed by atoms with van der Waals surface area (Å²) in [7, 11) is 0. The summed E-state index contributed by atoms with van der Waals surface area (Å²) in [6.07, 6.45) is 0.301. The van der Waals surface area contributed by atoms with Crippen molar-refractivity contribution in [3.63, 3.8) is 0 Å². The lowest BCUT2D eigenvalue weighted by atomic mass is 9.72. The third-order valence-corrected chi connectivity index (χ3v) is 8.13. The molecule has 7 heteroatoms. The van der Waals surface area contributed by atoms with E-state index in [0.29, 0.717) is 32.6 Å². The molecule has 0 aliphatic carbocycles. The van der Waals surface area contributed by atoms with Crippen LogP contribution in [0.2, 0.25) is 0 Å². The molecule has 2 amide bonds. The molecule has 2 unspecified atom stereocenters. The SMILES string of the molecule is Cc1ccc(CC(Nc2ccccc2NC(C)c2ccc(C)cc2)C(=O)N2CC3(CN(C(=O)OC(C)(C)C)C3)C2)cc1. The Balaban J connectivity index is 1.28. The van der Waals surface area contributed by atoms with Gasteiger partial charge in [-0.1, -0.05) is 71.8 Å². The average molecular weight is 569 g/mol. The number of benzene rings is 3. The molecule has 3 aromatic rings. The third-order valence-electron chi connectivity index (χ3n) is 8.13. The zero-order valence-electron chi connectivity index (χ0n) is 25.7. The normalized spacial score (nSPS) is 17.1. The van der Waals surface area contributed by atoms with Gasteiger partial charge in [-0.25, -0.2) is 4.79 Å². The van der Waals surface area contributed by atoms with Crippen molar-refractivity contribution in [2.75, 3.05) is 36.8 Å². The van der Waals surface area contributed by atoms with Crippen LogP contribution in [0.25, 0.3) is 0 Å². The lowest BCUT2D eigenvalue weighted by Crippen LogP contribution is -2.74. The fourth-order valence-electron chi connectivity index (χ4n) is 5.81. The smallest absolute Gasteiger partial charge is 0.410 e. The molecule has 2 heterocycles. The number of aryl methyl sites for hydroxylation is 2. The van der Waals surface area contributed by atoms with Gasteiger partial charge in [0, 0.05) is 44.1 Å². The molecule has 0 saturated carbocycles. The van der Waals surface area contributed by atoms with E-state index >= 15 is 0 Å². The Hall–Kier alpha value is -4.00. The van der Waals surface area contributed by atoms with Gasteiger partial charge in [-0.2, -0.15) is 0 Å². The van der Waals surface area contributed by atoms with E-state index in [1.807, 2.05) is 43.9 Å². The van der Waals surface area contributed by atoms with E-state index in [2.05, 4.69) is 86.0 Å². The van der Waals surface area contributed by atoms with Crippen LogP contribution >= 0.6 is 0 Å². The molecule has 5 rings (SSSR count). The van der Waals surface area contributed by atoms with Crippen molar-refractivity contribution in [1.82, 2.24) is 9.80 Å². The number of anilines is 2. The number of hydrogen-bond donors (Lipinski definition) is 2. The number of carbonyl (C=O) groups is 2. The van der Waals surface area contributed by atoms with Crippen molar-refractivity contribution in [1.29, 1.82) is 0 Å². The Bertz CT molecular complexity index is 1400. The van der Waals surface area contributed by atoms with Crippen LogP contribution in [0.5, 0.6) is 0 Å². The molecule has 2 N–H and O–H groups in total. The molecular weight excluding hydrogens is 524 g/mol. The Morgan fingerprint density at radius 1 is 0.810 bits per heavy atom. The Morgan fingerprint density at radius 3 is 1.90 bits per heavy atom. The Kier molecular flexibility index (Phi) is 8.22. The number of likely N-dealkylation sites (tertiary alicyclic amines) is 2. The van der Waals surface area contributed by atoms with Crippen molar-refractivity contribution in [3.8, 4) is 0 Å². The number of ether oxygens (including phenoxy) is 1. The van der Waals surface area contributed by atoms with Crippen LogP contribution in [0.3, 0.4) is 0 Å². The summed E-state index contributed by atoms with van der Waals surface area (Å²) in [5.74, 6) is 0.0818. The van der Waals surface area contributed by atoms with Gasteiger partial charge in [0.1, 0.15) is 11.6 Å². The minimum Gasteiger partial charge on any atom is -0.444 e. The summed E-state index contributed by atoms with van der Waals surface area (Å²) < 4.78 is 5.52. The van der Waals surface area contributed by atoms with E-state index < -0.39 is 11.6 Å². The molecule has 2 atom stereocenters. The zero-order chi connectivity index (χ0) is 30.1. The molecule has 0 aromatic heterocycles. The standard InChI is InChI=1S/C35H44N4O3/c1-24-11-15-27(16-12-24)19-31(32(40)38-20-35(21-38)22-39(23-35)33(41)42-34(4,5)6)37-30-10-8-7-9-29(30)36-26(3)28-17-13-25(2)14-18-28/h7-18,26,31,36-37H,19-23H2,1-6H3. The van der Waals surface area contributed by atoms with Crippen LogP contribution in [0.4, 0.5) is 16.2 Å². The van der Waals surface area contributed by atoms with Gasteiger partial charge in [-0.05, 0) is 64.8 Å². The number of amides is 2. The van der Waals surface area contributed by atoms with E-state index in [1.54, 1.807) is 4.90 Å². The van der Waals surface area contributed by atoms with Crippen LogP contribution < -0.4 is 10.6 Å². The van der Waals surface area contributed by atoms with Crippen LogP contribution in [0.15, 0.2) is 72.8 Å². The van der Waals surface area contributed by atoms with Crippen molar-refractivity contribution in [2.45, 2.75) is 65.6 Å². The number of carbonyl (C=O) groups excluding carboxylic acids is 2. The maximum absolute atomic E-state index is 14.0. The maximum Gasteiger partial charge on any atom is 0.410 e. The van der Waals surface area contributed by atoms with Gasteiger partial charge in [0.2, 0.25) is 5.91 Å². The lowest BCUT2D eigenvalue weighted by Gasteiger charge is -2.60. The third kappa shape index (κ3) is 6.89. The highest BCUT2D eigenvalue weighted by Gasteiger charge is 2.55. The van der Waals surface area contributed by atoms with Crippen LogP contribution in [-0.4, -0.2) is 59.6 Å². The number of rotatable bonds is 8. The molecule has 3 aromatic carbocycles. The van der Waals surface area contributed by atoms with Crippen molar-refractivity contribution in [2.24, 2.45) is 5.41 Å². The first kappa shape index (κ1) is 29.5. The van der Waals surface area contributed by atoms with Gasteiger partial charge in [0.15, 0.2) is 0 Å². The van der Waals surface area contributed by atoms with E-state index in [9.17, 15) is 9.59 Å². The van der Waals surface area contributed by atoms with Gasteiger partial charge in [0.05, 0.1) is 11.4 Å². The van der Waals surface area contributed by atoms with Gasteiger partial charge in [-0.15, -0.1) is 0 Å². The van der Waals surface area contributed by atoms with E-state index in [0.717, 1.165) is 16.9 Å². The zero-order valence-corrected chi connectivity index (χ0v) is 25.7. The van der Waals surface area contributed by atoms with Gasteiger partial charge in [-0.3, -0.25) is 4.79 Å². The van der Waals surface area contributed by atoms with Crippen LogP contribution in [0.1, 0.15) is 56.0 Å². The lowest BCUT2D eigenvalue weighted by molar-refractivity contribution is -0.157. The number of hydrogen-bond acceptors (Lipinski definition) is 5. The molecule has 1 spiro atoms. The van der Waals surface area contributed by atoms with Gasteiger partial charge < -0.3 is 25.2 Å². The monoisotopic (exact) mass is 568 g/mol. The molecule has 0 bridgehead atoms. The highest BCUT2D eigenvalue weighted by Crippen LogP contribution is 2.41. The second-order valence-electron chi connectivity index (χ2n) is 13.2. The fraction of sp³-hybridized carbons (Fsp3) is 0.429. The van der Waals surface area contributed by atoms with E-state index in [-0.39, 0.29) is 23.5 Å². The summed E-state index contributed by atoms with van der Waals surface area (Å²) in [6, 6.07) is 24.7. The van der Waals surface area contributed by atoms with Crippen molar-refractivity contribution >= 4 is 23.4 Å². The molecule has 2 fully saturated rings. The number of nitrogens with zero attached hydrogens (tertiary/aromatic N) is 2. The van der Waals surface area contributed by atoms with Crippen LogP contribution in [0, 0.1) is 19.3 Å². The first-order valence-corrected chi connectivity index (χ1v) is 14.9. The minimum atomic E-state index is -0.514. The first-order chi connectivity index (χ1) is 19.9. The molecule has 42 heavy (non-hydrogen) atoms. The Morgan fingerprint density at radius 2 is 1.33 bits per heavy atom. The summed E-state index contributed by atoms with van der Waals surface area (Å²) in [4.78, 5) is 30.1. The second kappa shape index (κ2) is 11.7. The summed E-state index contributed by atoms with van der Waals surface area (Å²) >= 11 is 0.